The first-order valence-corrected chi connectivity index (χ1v) is 7.64. The van der Waals surface area contributed by atoms with Gasteiger partial charge < -0.3 is 15.0 Å². The fraction of sp³-hybridized carbons (Fsp3) is 0.588. The van der Waals surface area contributed by atoms with Crippen molar-refractivity contribution in [3.8, 4) is 0 Å². The third-order valence-electron chi connectivity index (χ3n) is 4.26. The van der Waals surface area contributed by atoms with Crippen LogP contribution in [0, 0.1) is 12.8 Å². The lowest BCUT2D eigenvalue weighted by atomic mass is 9.87. The maximum absolute atomic E-state index is 12.0. The van der Waals surface area contributed by atoms with Gasteiger partial charge in [-0.15, -0.1) is 12.4 Å². The van der Waals surface area contributed by atoms with Gasteiger partial charge in [0.15, 0.2) is 0 Å². The summed E-state index contributed by atoms with van der Waals surface area (Å²) in [5.74, 6) is 0.643. The summed E-state index contributed by atoms with van der Waals surface area (Å²) in [6.07, 6.45) is 2.15. The number of carbonyl (C=O) groups excluding carboxylic acids is 1. The summed E-state index contributed by atoms with van der Waals surface area (Å²) in [5.41, 5.74) is 2.65. The highest BCUT2D eigenvalue weighted by Gasteiger charge is 2.31. The number of nitrogens with one attached hydrogen (secondary N) is 1. The van der Waals surface area contributed by atoms with E-state index in [0.717, 1.165) is 19.4 Å². The highest BCUT2D eigenvalue weighted by atomic mass is 35.5. The van der Waals surface area contributed by atoms with Crippen molar-refractivity contribution in [1.82, 2.24) is 10.2 Å². The van der Waals surface area contributed by atoms with Crippen LogP contribution in [0.15, 0.2) is 24.3 Å². The molecule has 0 bridgehead atoms. The van der Waals surface area contributed by atoms with Gasteiger partial charge in [-0.1, -0.05) is 29.8 Å². The average Bonchev–Trinajstić information content (AvgIpc) is 2.48. The summed E-state index contributed by atoms with van der Waals surface area (Å²) < 4.78 is 5.65. The van der Waals surface area contributed by atoms with E-state index in [-0.39, 0.29) is 24.4 Å². The van der Waals surface area contributed by atoms with Crippen LogP contribution in [0.2, 0.25) is 0 Å². The van der Waals surface area contributed by atoms with Crippen LogP contribution in [0.1, 0.15) is 17.5 Å². The molecule has 5 heteroatoms. The quantitative estimate of drug-likeness (QED) is 0.900. The van der Waals surface area contributed by atoms with E-state index >= 15 is 0 Å². The Balaban J connectivity index is 0.00000242. The van der Waals surface area contributed by atoms with Crippen molar-refractivity contribution >= 4 is 18.3 Å². The minimum absolute atomic E-state index is 0. The molecule has 0 unspecified atom stereocenters. The molecule has 1 fully saturated rings. The molecule has 1 aliphatic heterocycles. The van der Waals surface area contributed by atoms with Gasteiger partial charge in [0.1, 0.15) is 0 Å². The van der Waals surface area contributed by atoms with Crippen molar-refractivity contribution in [1.29, 1.82) is 0 Å². The lowest BCUT2D eigenvalue weighted by Gasteiger charge is -2.38. The van der Waals surface area contributed by atoms with Crippen LogP contribution >= 0.6 is 12.4 Å². The molecule has 1 aliphatic rings. The van der Waals surface area contributed by atoms with E-state index in [1.165, 1.54) is 11.1 Å². The van der Waals surface area contributed by atoms with Gasteiger partial charge in [0.2, 0.25) is 5.91 Å². The summed E-state index contributed by atoms with van der Waals surface area (Å²) >= 11 is 0. The maximum atomic E-state index is 12.0. The number of carbonyl (C=O) groups is 1. The highest BCUT2D eigenvalue weighted by molar-refractivity contribution is 5.85. The van der Waals surface area contributed by atoms with Gasteiger partial charge in [0, 0.05) is 20.2 Å². The molecule has 1 saturated heterocycles. The molecule has 0 spiro atoms. The van der Waals surface area contributed by atoms with E-state index in [1.807, 2.05) is 4.90 Å². The summed E-state index contributed by atoms with van der Waals surface area (Å²) in [4.78, 5) is 13.9. The van der Waals surface area contributed by atoms with Crippen molar-refractivity contribution in [2.45, 2.75) is 25.9 Å². The summed E-state index contributed by atoms with van der Waals surface area (Å²) in [7, 11) is 3.55. The fourth-order valence-corrected chi connectivity index (χ4v) is 3.10. The monoisotopic (exact) mass is 326 g/mol. The van der Waals surface area contributed by atoms with Gasteiger partial charge in [-0.2, -0.15) is 0 Å². The second kappa shape index (κ2) is 9.13. The number of hydrogen-bond acceptors (Lipinski definition) is 3. The Labute approximate surface area is 139 Å². The summed E-state index contributed by atoms with van der Waals surface area (Å²) in [6.45, 7) is 4.06. The maximum Gasteiger partial charge on any atom is 0.236 e. The number of hydrogen-bond donors (Lipinski definition) is 1. The largest absolute Gasteiger partial charge is 0.379 e. The zero-order valence-electron chi connectivity index (χ0n) is 13.7. The Hall–Kier alpha value is -1.10. The molecule has 1 aromatic carbocycles. The molecule has 4 nitrogen and oxygen atoms in total. The molecule has 2 atom stereocenters. The number of piperidine rings is 1. The second-order valence-electron chi connectivity index (χ2n) is 5.89. The predicted octanol–water partition coefficient (Wildman–Crippen LogP) is 2.04. The fourth-order valence-electron chi connectivity index (χ4n) is 3.10. The first-order valence-electron chi connectivity index (χ1n) is 7.64. The molecule has 0 aliphatic carbocycles. The van der Waals surface area contributed by atoms with Crippen molar-refractivity contribution in [2.24, 2.45) is 5.92 Å². The van der Waals surface area contributed by atoms with Crippen molar-refractivity contribution in [2.75, 3.05) is 33.8 Å². The molecule has 0 aromatic heterocycles. The van der Waals surface area contributed by atoms with Crippen LogP contribution in [0.4, 0.5) is 0 Å². The van der Waals surface area contributed by atoms with E-state index in [2.05, 4.69) is 36.5 Å². The minimum Gasteiger partial charge on any atom is -0.379 e. The summed E-state index contributed by atoms with van der Waals surface area (Å²) in [6, 6.07) is 8.65. The molecular weight excluding hydrogens is 300 g/mol. The van der Waals surface area contributed by atoms with Crippen molar-refractivity contribution in [3.05, 3.63) is 35.4 Å². The van der Waals surface area contributed by atoms with Gasteiger partial charge >= 0.3 is 0 Å². The van der Waals surface area contributed by atoms with Gasteiger partial charge in [-0.25, -0.2) is 0 Å². The third-order valence-corrected chi connectivity index (χ3v) is 4.26. The highest BCUT2D eigenvalue weighted by Crippen LogP contribution is 2.24. The number of nitrogens with zero attached hydrogens (tertiary/aromatic N) is 1. The molecule has 22 heavy (non-hydrogen) atoms. The average molecular weight is 327 g/mol. The van der Waals surface area contributed by atoms with Crippen molar-refractivity contribution < 1.29 is 9.53 Å². The van der Waals surface area contributed by atoms with Crippen LogP contribution in [0.3, 0.4) is 0 Å². The zero-order chi connectivity index (χ0) is 15.2. The molecule has 1 aromatic rings. The van der Waals surface area contributed by atoms with Crippen LogP contribution < -0.4 is 5.32 Å². The number of ether oxygens (including phenoxy) is 1. The third kappa shape index (κ3) is 4.97. The summed E-state index contributed by atoms with van der Waals surface area (Å²) in [5, 5.41) is 2.92. The van der Waals surface area contributed by atoms with Crippen LogP contribution in [-0.2, 0) is 16.0 Å². The van der Waals surface area contributed by atoms with Gasteiger partial charge in [-0.3, -0.25) is 4.79 Å². The Morgan fingerprint density at radius 3 is 2.86 bits per heavy atom. The van der Waals surface area contributed by atoms with Crippen LogP contribution in [0.25, 0.3) is 0 Å². The van der Waals surface area contributed by atoms with E-state index < -0.39 is 0 Å². The normalized spacial score (nSPS) is 21.3. The van der Waals surface area contributed by atoms with E-state index in [1.54, 1.807) is 14.2 Å². The number of halogens is 1. The first kappa shape index (κ1) is 18.9. The van der Waals surface area contributed by atoms with Crippen LogP contribution in [-0.4, -0.2) is 50.7 Å². The number of rotatable bonds is 5. The number of amides is 1. The molecule has 0 saturated carbocycles. The Morgan fingerprint density at radius 1 is 1.45 bits per heavy atom. The molecule has 2 rings (SSSR count). The standard InChI is InChI=1S/C17H26N2O2.ClH/c1-13-5-4-6-14(9-13)10-15-7-8-19(12-16(15)21-3)17(20)11-18-2;/h4-6,9,15-16,18H,7-8,10-12H2,1-3H3;1H/t15-,16-;/m1./s1. The first-order chi connectivity index (χ1) is 10.1. The molecule has 1 amide bonds. The van der Waals surface area contributed by atoms with Gasteiger partial charge in [0.05, 0.1) is 12.6 Å². The Kier molecular flexibility index (Phi) is 7.87. The molecule has 124 valence electrons. The smallest absolute Gasteiger partial charge is 0.236 e. The molecule has 0 radical (unpaired) electrons. The lowest BCUT2D eigenvalue weighted by molar-refractivity contribution is -0.135. The molecule has 1 N–H and O–H groups in total. The lowest BCUT2D eigenvalue weighted by Crippen LogP contribution is -2.49. The Bertz CT molecular complexity index is 481. The topological polar surface area (TPSA) is 41.6 Å². The van der Waals surface area contributed by atoms with Gasteiger partial charge in [-0.05, 0) is 38.3 Å². The van der Waals surface area contributed by atoms with Crippen molar-refractivity contribution in [3.63, 3.8) is 0 Å². The number of methoxy groups -OCH3 is 1. The number of likely N-dealkylation sites (tertiary alicyclic amines) is 1. The SMILES string of the molecule is CNCC(=O)N1CC[C@H](Cc2cccc(C)c2)[C@H](OC)C1.Cl. The molecular formula is C17H27ClN2O2. The van der Waals surface area contributed by atoms with Crippen LogP contribution in [0.5, 0.6) is 0 Å². The van der Waals surface area contributed by atoms with E-state index in [9.17, 15) is 4.79 Å². The van der Waals surface area contributed by atoms with Gasteiger partial charge in [0.25, 0.3) is 0 Å². The number of aryl methyl sites for hydroxylation is 1. The zero-order valence-corrected chi connectivity index (χ0v) is 14.5. The second-order valence-corrected chi connectivity index (χ2v) is 5.89. The minimum atomic E-state index is 0. The molecule has 1 heterocycles. The van der Waals surface area contributed by atoms with E-state index in [0.29, 0.717) is 19.0 Å². The predicted molar refractivity (Wildman–Crippen MR) is 91.5 cm³/mol. The van der Waals surface area contributed by atoms with E-state index in [4.69, 9.17) is 4.74 Å². The number of benzene rings is 1. The number of likely N-dealkylation sites (N-methyl/N-ethyl adjacent to an activating group) is 1. The Morgan fingerprint density at radius 2 is 2.23 bits per heavy atom.